The summed E-state index contributed by atoms with van der Waals surface area (Å²) >= 11 is 0. The fourth-order valence-corrected chi connectivity index (χ4v) is 1.83. The first kappa shape index (κ1) is 12.5. The Bertz CT molecular complexity index is 493. The third kappa shape index (κ3) is 2.66. The number of aryl methyl sites for hydroxylation is 1. The van der Waals surface area contributed by atoms with E-state index in [1.54, 1.807) is 19.5 Å². The number of hydrogen-bond donors (Lipinski definition) is 2. The van der Waals surface area contributed by atoms with Crippen molar-refractivity contribution < 1.29 is 4.74 Å². The van der Waals surface area contributed by atoms with Crippen molar-refractivity contribution in [2.45, 2.75) is 12.5 Å². The fourth-order valence-electron chi connectivity index (χ4n) is 1.83. The molecule has 0 aromatic carbocycles. The molecule has 2 rings (SSSR count). The van der Waals surface area contributed by atoms with E-state index in [1.807, 2.05) is 29.9 Å². The molecular formula is C12H17N5O. The van der Waals surface area contributed by atoms with Gasteiger partial charge >= 0.3 is 0 Å². The molecule has 0 aliphatic rings. The molecule has 2 heterocycles. The molecule has 3 N–H and O–H groups in total. The van der Waals surface area contributed by atoms with Gasteiger partial charge in [-0.25, -0.2) is 15.4 Å². The maximum Gasteiger partial charge on any atom is 0.212 e. The van der Waals surface area contributed by atoms with E-state index < -0.39 is 0 Å². The SMILES string of the molecule is COc1ccc(CC(NN)c2nccn2C)cn1. The largest absolute Gasteiger partial charge is 0.481 e. The van der Waals surface area contributed by atoms with Crippen LogP contribution in [0.2, 0.25) is 0 Å². The van der Waals surface area contributed by atoms with Crippen LogP contribution in [0.1, 0.15) is 17.4 Å². The minimum Gasteiger partial charge on any atom is -0.481 e. The highest BCUT2D eigenvalue weighted by Crippen LogP contribution is 2.16. The second-order valence-corrected chi connectivity index (χ2v) is 4.03. The van der Waals surface area contributed by atoms with Crippen molar-refractivity contribution in [2.24, 2.45) is 12.9 Å². The summed E-state index contributed by atoms with van der Waals surface area (Å²) in [6.07, 6.45) is 6.16. The molecule has 1 unspecified atom stereocenters. The van der Waals surface area contributed by atoms with Gasteiger partial charge in [0.25, 0.3) is 0 Å². The maximum absolute atomic E-state index is 5.59. The first-order valence-electron chi connectivity index (χ1n) is 5.67. The van der Waals surface area contributed by atoms with Crippen molar-refractivity contribution in [3.8, 4) is 5.88 Å². The van der Waals surface area contributed by atoms with E-state index in [2.05, 4.69) is 15.4 Å². The number of rotatable bonds is 5. The molecule has 2 aromatic rings. The van der Waals surface area contributed by atoms with E-state index >= 15 is 0 Å². The highest BCUT2D eigenvalue weighted by Gasteiger charge is 2.15. The van der Waals surface area contributed by atoms with Crippen LogP contribution in [-0.4, -0.2) is 21.6 Å². The molecule has 0 saturated heterocycles. The van der Waals surface area contributed by atoms with E-state index in [9.17, 15) is 0 Å². The minimum absolute atomic E-state index is 0.0415. The van der Waals surface area contributed by atoms with E-state index in [0.717, 1.165) is 17.8 Å². The monoisotopic (exact) mass is 247 g/mol. The Morgan fingerprint density at radius 1 is 1.44 bits per heavy atom. The van der Waals surface area contributed by atoms with Crippen LogP contribution in [0.4, 0.5) is 0 Å². The summed E-state index contributed by atoms with van der Waals surface area (Å²) in [4.78, 5) is 8.46. The first-order valence-corrected chi connectivity index (χ1v) is 5.67. The molecule has 0 saturated carbocycles. The van der Waals surface area contributed by atoms with Crippen LogP contribution in [-0.2, 0) is 13.5 Å². The van der Waals surface area contributed by atoms with E-state index in [-0.39, 0.29) is 6.04 Å². The normalized spacial score (nSPS) is 12.4. The summed E-state index contributed by atoms with van der Waals surface area (Å²) in [5, 5.41) is 0. The van der Waals surface area contributed by atoms with Gasteiger partial charge in [-0.15, -0.1) is 0 Å². The third-order valence-electron chi connectivity index (χ3n) is 2.82. The van der Waals surface area contributed by atoms with Crippen molar-refractivity contribution in [1.29, 1.82) is 0 Å². The standard InChI is InChI=1S/C12H17N5O/c1-17-6-5-14-12(17)10(16-13)7-9-3-4-11(18-2)15-8-9/h3-6,8,10,16H,7,13H2,1-2H3. The molecule has 0 spiro atoms. The van der Waals surface area contributed by atoms with Crippen molar-refractivity contribution in [2.75, 3.05) is 7.11 Å². The van der Waals surface area contributed by atoms with E-state index in [0.29, 0.717) is 5.88 Å². The number of ether oxygens (including phenoxy) is 1. The predicted molar refractivity (Wildman–Crippen MR) is 67.8 cm³/mol. The highest BCUT2D eigenvalue weighted by molar-refractivity contribution is 5.19. The molecule has 1 atom stereocenters. The number of aromatic nitrogens is 3. The van der Waals surface area contributed by atoms with Gasteiger partial charge in [0.05, 0.1) is 13.2 Å². The summed E-state index contributed by atoms with van der Waals surface area (Å²) < 4.78 is 6.97. The Balaban J connectivity index is 2.13. The van der Waals surface area contributed by atoms with Crippen LogP contribution in [0.15, 0.2) is 30.7 Å². The van der Waals surface area contributed by atoms with Crippen molar-refractivity contribution >= 4 is 0 Å². The smallest absolute Gasteiger partial charge is 0.212 e. The van der Waals surface area contributed by atoms with Gasteiger partial charge in [0.15, 0.2) is 0 Å². The number of nitrogens with zero attached hydrogens (tertiary/aromatic N) is 3. The lowest BCUT2D eigenvalue weighted by molar-refractivity contribution is 0.397. The zero-order valence-corrected chi connectivity index (χ0v) is 10.5. The molecule has 0 aliphatic carbocycles. The molecule has 6 heteroatoms. The third-order valence-corrected chi connectivity index (χ3v) is 2.82. The molecule has 0 bridgehead atoms. The lowest BCUT2D eigenvalue weighted by Crippen LogP contribution is -2.31. The first-order chi connectivity index (χ1) is 8.74. The lowest BCUT2D eigenvalue weighted by atomic mass is 10.1. The number of methoxy groups -OCH3 is 1. The number of nitrogens with one attached hydrogen (secondary N) is 1. The number of pyridine rings is 1. The van der Waals surface area contributed by atoms with Crippen LogP contribution >= 0.6 is 0 Å². The maximum atomic E-state index is 5.59. The number of hydrogen-bond acceptors (Lipinski definition) is 5. The molecule has 2 aromatic heterocycles. The van der Waals surface area contributed by atoms with Gasteiger partial charge in [0.1, 0.15) is 5.82 Å². The summed E-state index contributed by atoms with van der Waals surface area (Å²) in [6.45, 7) is 0. The van der Waals surface area contributed by atoms with Crippen LogP contribution in [0.25, 0.3) is 0 Å². The average Bonchev–Trinajstić information content (AvgIpc) is 2.83. The van der Waals surface area contributed by atoms with Gasteiger partial charge in [-0.05, 0) is 12.0 Å². The van der Waals surface area contributed by atoms with Crippen molar-refractivity contribution in [1.82, 2.24) is 20.0 Å². The van der Waals surface area contributed by atoms with Crippen molar-refractivity contribution in [3.63, 3.8) is 0 Å². The quantitative estimate of drug-likeness (QED) is 0.596. The van der Waals surface area contributed by atoms with Crippen LogP contribution in [0.5, 0.6) is 5.88 Å². The topological polar surface area (TPSA) is 78.0 Å². The van der Waals surface area contributed by atoms with E-state index in [1.165, 1.54) is 0 Å². The van der Waals surface area contributed by atoms with Gasteiger partial charge in [0, 0.05) is 31.7 Å². The second kappa shape index (κ2) is 5.61. The van der Waals surface area contributed by atoms with Crippen molar-refractivity contribution in [3.05, 3.63) is 42.1 Å². The van der Waals surface area contributed by atoms with Gasteiger partial charge in [-0.2, -0.15) is 0 Å². The van der Waals surface area contributed by atoms with Gasteiger partial charge in [-0.3, -0.25) is 5.84 Å². The molecule has 0 fully saturated rings. The minimum atomic E-state index is -0.0415. The van der Waals surface area contributed by atoms with Crippen LogP contribution in [0.3, 0.4) is 0 Å². The molecule has 0 radical (unpaired) electrons. The summed E-state index contributed by atoms with van der Waals surface area (Å²) in [5.74, 6) is 7.09. The Kier molecular flexibility index (Phi) is 3.91. The zero-order chi connectivity index (χ0) is 13.0. The fraction of sp³-hybridized carbons (Fsp3) is 0.333. The summed E-state index contributed by atoms with van der Waals surface area (Å²) in [5.41, 5.74) is 3.85. The Morgan fingerprint density at radius 2 is 2.28 bits per heavy atom. The number of hydrazine groups is 1. The molecular weight excluding hydrogens is 230 g/mol. The van der Waals surface area contributed by atoms with Crippen LogP contribution in [0, 0.1) is 0 Å². The Hall–Kier alpha value is -1.92. The Labute approximate surface area is 106 Å². The highest BCUT2D eigenvalue weighted by atomic mass is 16.5. The second-order valence-electron chi connectivity index (χ2n) is 4.03. The van der Waals surface area contributed by atoms with Gasteiger partial charge in [0.2, 0.25) is 5.88 Å². The molecule has 6 nitrogen and oxygen atoms in total. The Morgan fingerprint density at radius 3 is 2.78 bits per heavy atom. The van der Waals surface area contributed by atoms with Crippen LogP contribution < -0.4 is 16.0 Å². The predicted octanol–water partition coefficient (Wildman–Crippen LogP) is 0.571. The molecule has 0 aliphatic heterocycles. The molecule has 96 valence electrons. The number of imidazole rings is 1. The van der Waals surface area contributed by atoms with Gasteiger partial charge < -0.3 is 9.30 Å². The van der Waals surface area contributed by atoms with Gasteiger partial charge in [-0.1, -0.05) is 6.07 Å². The average molecular weight is 247 g/mol. The lowest BCUT2D eigenvalue weighted by Gasteiger charge is -2.15. The zero-order valence-electron chi connectivity index (χ0n) is 10.5. The molecule has 18 heavy (non-hydrogen) atoms. The molecule has 0 amide bonds. The van der Waals surface area contributed by atoms with E-state index in [4.69, 9.17) is 10.6 Å². The summed E-state index contributed by atoms with van der Waals surface area (Å²) in [6, 6.07) is 3.76. The number of nitrogens with two attached hydrogens (primary N) is 1. The summed E-state index contributed by atoms with van der Waals surface area (Å²) in [7, 11) is 3.54.